The van der Waals surface area contributed by atoms with E-state index in [1.54, 1.807) is 17.5 Å². The molecule has 0 saturated carbocycles. The third-order valence-electron chi connectivity index (χ3n) is 3.87. The highest BCUT2D eigenvalue weighted by Gasteiger charge is 2.24. The Morgan fingerprint density at radius 2 is 1.93 bits per heavy atom. The second kappa shape index (κ2) is 8.11. The number of halogens is 3. The van der Waals surface area contributed by atoms with Gasteiger partial charge in [0.2, 0.25) is 5.91 Å². The van der Waals surface area contributed by atoms with Crippen LogP contribution in [0.1, 0.15) is 11.1 Å². The summed E-state index contributed by atoms with van der Waals surface area (Å²) in [6.45, 7) is 0. The highest BCUT2D eigenvalue weighted by molar-refractivity contribution is 7.63. The normalized spacial score (nSPS) is 12.4. The Morgan fingerprint density at radius 3 is 2.61 bits per heavy atom. The highest BCUT2D eigenvalue weighted by Crippen LogP contribution is 2.50. The van der Waals surface area contributed by atoms with Gasteiger partial charge in [0.25, 0.3) is 0 Å². The minimum absolute atomic E-state index is 0.0525. The monoisotopic (exact) mass is 443 g/mol. The number of fused-ring (bicyclic) bond motifs is 1. The van der Waals surface area contributed by atoms with Gasteiger partial charge < -0.3 is 15.1 Å². The molecule has 1 aromatic heterocycles. The van der Waals surface area contributed by atoms with Crippen LogP contribution in [0.3, 0.4) is 0 Å². The fourth-order valence-corrected chi connectivity index (χ4v) is 4.38. The van der Waals surface area contributed by atoms with Crippen LogP contribution in [0, 0.1) is 11.6 Å². The van der Waals surface area contributed by atoms with E-state index in [1.807, 2.05) is 6.07 Å². The first-order chi connectivity index (χ1) is 13.1. The van der Waals surface area contributed by atoms with E-state index in [0.29, 0.717) is 16.7 Å². The Balaban J connectivity index is 1.84. The molecule has 3 rings (SSSR count). The Bertz CT molecular complexity index is 1140. The van der Waals surface area contributed by atoms with Crippen LogP contribution in [0.2, 0.25) is 5.02 Å². The van der Waals surface area contributed by atoms with Crippen molar-refractivity contribution in [1.82, 2.24) is 5.32 Å². The van der Waals surface area contributed by atoms with Crippen molar-refractivity contribution in [3.8, 4) is 0 Å². The molecule has 146 valence electrons. The van der Waals surface area contributed by atoms with E-state index in [2.05, 4.69) is 5.32 Å². The van der Waals surface area contributed by atoms with Gasteiger partial charge in [0.15, 0.2) is 11.6 Å². The maximum atomic E-state index is 13.4. The molecular weight excluding hydrogens is 431 g/mol. The molecule has 10 heteroatoms. The summed E-state index contributed by atoms with van der Waals surface area (Å²) in [5.41, 5.74) is 0.472. The summed E-state index contributed by atoms with van der Waals surface area (Å²) in [5, 5.41) is 4.81. The molecular formula is C18H13ClF2NO4PS. The van der Waals surface area contributed by atoms with Gasteiger partial charge in [-0.3, -0.25) is 9.36 Å². The van der Waals surface area contributed by atoms with Gasteiger partial charge >= 0.3 is 7.60 Å². The molecule has 2 aromatic carbocycles. The van der Waals surface area contributed by atoms with Crippen LogP contribution in [0.15, 0.2) is 48.0 Å². The van der Waals surface area contributed by atoms with Gasteiger partial charge in [-0.25, -0.2) is 8.78 Å². The largest absolute Gasteiger partial charge is 0.358 e. The third-order valence-corrected chi connectivity index (χ3v) is 6.13. The molecule has 1 heterocycles. The molecule has 0 unspecified atom stereocenters. The number of carbonyl (C=O) groups is 1. The summed E-state index contributed by atoms with van der Waals surface area (Å²) in [5.74, 6) is -2.95. The summed E-state index contributed by atoms with van der Waals surface area (Å²) in [6.07, 6.45) is 0.764. The zero-order valence-electron chi connectivity index (χ0n) is 14.0. The van der Waals surface area contributed by atoms with Crippen molar-refractivity contribution in [2.45, 2.75) is 6.42 Å². The van der Waals surface area contributed by atoms with Crippen LogP contribution >= 0.6 is 30.5 Å². The lowest BCUT2D eigenvalue weighted by Gasteiger charge is -2.11. The van der Waals surface area contributed by atoms with E-state index in [0.717, 1.165) is 28.4 Å². The Hall–Kier alpha value is -2.09. The van der Waals surface area contributed by atoms with E-state index in [4.69, 9.17) is 11.6 Å². The maximum Gasteiger partial charge on any atom is 0.358 e. The second-order valence-corrected chi connectivity index (χ2v) is 8.77. The van der Waals surface area contributed by atoms with Crippen molar-refractivity contribution < 1.29 is 27.9 Å². The molecule has 0 atom stereocenters. The van der Waals surface area contributed by atoms with Crippen LogP contribution in [-0.2, 0) is 15.8 Å². The van der Waals surface area contributed by atoms with Gasteiger partial charge in [-0.05, 0) is 52.2 Å². The first-order valence-corrected chi connectivity index (χ1v) is 10.7. The van der Waals surface area contributed by atoms with Gasteiger partial charge in [-0.1, -0.05) is 17.7 Å². The average molecular weight is 444 g/mol. The van der Waals surface area contributed by atoms with Gasteiger partial charge in [-0.15, -0.1) is 11.3 Å². The first kappa shape index (κ1) is 20.6. The fraction of sp³-hybridized carbons (Fsp3) is 0.0556. The van der Waals surface area contributed by atoms with Gasteiger partial charge in [0.05, 0.1) is 11.7 Å². The SMILES string of the molecule is O=C(Cc1csc2ccc(Cl)cc12)NC=C(c1ccc(F)c(F)c1)P(=O)(O)O. The van der Waals surface area contributed by atoms with Crippen LogP contribution in [-0.4, -0.2) is 15.7 Å². The molecule has 0 spiro atoms. The van der Waals surface area contributed by atoms with Crippen LogP contribution < -0.4 is 5.32 Å². The molecule has 0 saturated heterocycles. The Labute approximate surface area is 167 Å². The van der Waals surface area contributed by atoms with Gasteiger partial charge in [0, 0.05) is 15.9 Å². The maximum absolute atomic E-state index is 13.4. The lowest BCUT2D eigenvalue weighted by atomic mass is 10.1. The van der Waals surface area contributed by atoms with E-state index in [1.165, 1.54) is 11.3 Å². The Morgan fingerprint density at radius 1 is 1.18 bits per heavy atom. The van der Waals surface area contributed by atoms with E-state index < -0.39 is 30.5 Å². The summed E-state index contributed by atoms with van der Waals surface area (Å²) >= 11 is 7.42. The lowest BCUT2D eigenvalue weighted by molar-refractivity contribution is -0.119. The van der Waals surface area contributed by atoms with Crippen LogP contribution in [0.25, 0.3) is 15.4 Å². The van der Waals surface area contributed by atoms with E-state index in [9.17, 15) is 27.9 Å². The van der Waals surface area contributed by atoms with Gasteiger partial charge in [0.1, 0.15) is 0 Å². The molecule has 3 N–H and O–H groups in total. The number of thiophene rings is 1. The van der Waals surface area contributed by atoms with Crippen LogP contribution in [0.4, 0.5) is 8.78 Å². The predicted octanol–water partition coefficient (Wildman–Crippen LogP) is 4.67. The number of benzene rings is 2. The first-order valence-electron chi connectivity index (χ1n) is 7.82. The third kappa shape index (κ3) is 4.66. The number of rotatable bonds is 5. The van der Waals surface area contributed by atoms with Crippen molar-refractivity contribution >= 4 is 51.8 Å². The smallest absolute Gasteiger partial charge is 0.331 e. The van der Waals surface area contributed by atoms with Crippen molar-refractivity contribution in [1.29, 1.82) is 0 Å². The number of carbonyl (C=O) groups excluding carboxylic acids is 1. The van der Waals surface area contributed by atoms with Crippen molar-refractivity contribution in [2.75, 3.05) is 0 Å². The summed E-state index contributed by atoms with van der Waals surface area (Å²) in [6, 6.07) is 7.72. The van der Waals surface area contributed by atoms with Gasteiger partial charge in [-0.2, -0.15) is 0 Å². The summed E-state index contributed by atoms with van der Waals surface area (Å²) in [7, 11) is -4.86. The molecule has 0 bridgehead atoms. The van der Waals surface area contributed by atoms with E-state index in [-0.39, 0.29) is 12.0 Å². The zero-order chi connectivity index (χ0) is 20.5. The summed E-state index contributed by atoms with van der Waals surface area (Å²) in [4.78, 5) is 31.2. The molecule has 1 amide bonds. The minimum atomic E-state index is -4.86. The predicted molar refractivity (Wildman–Crippen MR) is 105 cm³/mol. The topological polar surface area (TPSA) is 86.6 Å². The highest BCUT2D eigenvalue weighted by atomic mass is 35.5. The van der Waals surface area contributed by atoms with Crippen molar-refractivity contribution in [3.05, 3.63) is 75.8 Å². The number of hydrogen-bond donors (Lipinski definition) is 3. The standard InChI is InChI=1S/C18H13ClF2NO4PS/c19-12-2-4-17-13(7-12)11(9-28-17)6-18(23)22-8-16(27(24,25)26)10-1-3-14(20)15(21)5-10/h1-5,7-9H,6H2,(H,22,23)(H2,24,25,26). The molecule has 0 aliphatic carbocycles. The number of amides is 1. The molecule has 0 aliphatic heterocycles. The van der Waals surface area contributed by atoms with Crippen molar-refractivity contribution in [2.24, 2.45) is 0 Å². The molecule has 3 aromatic rings. The second-order valence-electron chi connectivity index (χ2n) is 5.85. The Kier molecular flexibility index (Phi) is 5.98. The van der Waals surface area contributed by atoms with Crippen LogP contribution in [0.5, 0.6) is 0 Å². The molecule has 0 aliphatic rings. The molecule has 5 nitrogen and oxygen atoms in total. The number of hydrogen-bond acceptors (Lipinski definition) is 3. The van der Waals surface area contributed by atoms with Crippen molar-refractivity contribution in [3.63, 3.8) is 0 Å². The lowest BCUT2D eigenvalue weighted by Crippen LogP contribution is -2.19. The minimum Gasteiger partial charge on any atom is -0.331 e. The fourth-order valence-electron chi connectivity index (χ4n) is 2.55. The average Bonchev–Trinajstić information content (AvgIpc) is 2.99. The molecule has 28 heavy (non-hydrogen) atoms. The summed E-state index contributed by atoms with van der Waals surface area (Å²) < 4.78 is 39.1. The van der Waals surface area contributed by atoms with E-state index >= 15 is 0 Å². The quantitative estimate of drug-likeness (QED) is 0.500. The zero-order valence-corrected chi connectivity index (χ0v) is 16.5. The molecule has 0 fully saturated rings. The molecule has 0 radical (unpaired) electrons. The number of nitrogens with one attached hydrogen (secondary N) is 1.